The predicted octanol–water partition coefficient (Wildman–Crippen LogP) is 7.18. The Kier molecular flexibility index (Phi) is 17.7. The van der Waals surface area contributed by atoms with Gasteiger partial charge in [0.05, 0.1) is 71.5 Å². The van der Waals surface area contributed by atoms with E-state index in [0.29, 0.717) is 22.7 Å². The third kappa shape index (κ3) is 12.9. The number of nitriles is 1. The topological polar surface area (TPSA) is 196 Å². The molecule has 4 amide bonds. The second-order valence-corrected chi connectivity index (χ2v) is 20.5. The third-order valence-electron chi connectivity index (χ3n) is 12.1. The molecule has 6 rings (SSSR count). The van der Waals surface area contributed by atoms with E-state index in [4.69, 9.17) is 31.2 Å². The normalized spacial score (nSPS) is 17.3. The number of likely N-dealkylation sites (tertiary alicyclic amines) is 1. The molecule has 4 aromatic rings. The summed E-state index contributed by atoms with van der Waals surface area (Å²) in [4.78, 5) is 63.2. The van der Waals surface area contributed by atoms with Crippen molar-refractivity contribution in [3.63, 3.8) is 0 Å². The maximum absolute atomic E-state index is 13.9. The van der Waals surface area contributed by atoms with Crippen LogP contribution in [0.4, 0.5) is 24.5 Å². The fourth-order valence-corrected chi connectivity index (χ4v) is 9.51. The summed E-state index contributed by atoms with van der Waals surface area (Å²) in [5, 5.41) is 25.6. The van der Waals surface area contributed by atoms with Crippen molar-refractivity contribution >= 4 is 63.7 Å². The lowest BCUT2D eigenvalue weighted by Gasteiger charge is -2.35. The van der Waals surface area contributed by atoms with Crippen LogP contribution in [0, 0.1) is 29.6 Å². The van der Waals surface area contributed by atoms with E-state index < -0.39 is 64.2 Å². The Hall–Kier alpha value is -6.18. The number of ether oxygens (including phenoxy) is 4. The summed E-state index contributed by atoms with van der Waals surface area (Å²) in [6, 6.07) is 15.1. The largest absolute Gasteiger partial charge is 0.491 e. The van der Waals surface area contributed by atoms with Gasteiger partial charge in [0, 0.05) is 36.7 Å². The van der Waals surface area contributed by atoms with Gasteiger partial charge in [0.1, 0.15) is 42.3 Å². The number of benzene rings is 3. The van der Waals surface area contributed by atoms with E-state index >= 15 is 0 Å². The van der Waals surface area contributed by atoms with Crippen LogP contribution in [-0.4, -0.2) is 114 Å². The number of hydrogen-bond donors (Lipinski definition) is 3. The minimum absolute atomic E-state index is 0.0207. The minimum atomic E-state index is -4.81. The number of thiocarbonyl (C=S) groups is 1. The molecule has 2 fully saturated rings. The zero-order valence-electron chi connectivity index (χ0n) is 41.4. The highest BCUT2D eigenvalue weighted by atomic mass is 32.1. The Labute approximate surface area is 426 Å². The van der Waals surface area contributed by atoms with Gasteiger partial charge in [-0.05, 0) is 92.5 Å². The van der Waals surface area contributed by atoms with Gasteiger partial charge in [-0.25, -0.2) is 4.98 Å². The summed E-state index contributed by atoms with van der Waals surface area (Å²) in [5.41, 5.74) is 0.972. The van der Waals surface area contributed by atoms with Crippen molar-refractivity contribution in [1.29, 1.82) is 5.26 Å². The number of anilines is 2. The molecule has 2 aliphatic rings. The number of amides is 4. The molecule has 2 aliphatic heterocycles. The second-order valence-electron chi connectivity index (χ2n) is 19.2. The van der Waals surface area contributed by atoms with Crippen LogP contribution in [0.3, 0.4) is 0 Å². The fraction of sp³-hybridized carbons (Fsp3) is 0.471. The molecule has 3 heterocycles. The number of nitrogens with one attached hydrogen (secondary N) is 2. The number of β-amino-alcohol motifs (C(OH)–C–C–N with tert-alkyl or cyclic N) is 1. The molecule has 0 aliphatic carbocycles. The zero-order chi connectivity index (χ0) is 52.7. The van der Waals surface area contributed by atoms with Gasteiger partial charge in [0.15, 0.2) is 5.11 Å². The fourth-order valence-electron chi connectivity index (χ4n) is 8.19. The molecular weight excluding hydrogens is 976 g/mol. The van der Waals surface area contributed by atoms with E-state index in [1.165, 1.54) is 22.3 Å². The molecule has 0 unspecified atom stereocenters. The molecule has 0 radical (unpaired) electrons. The number of thiazole rings is 1. The van der Waals surface area contributed by atoms with Crippen molar-refractivity contribution in [2.75, 3.05) is 56.0 Å². The zero-order valence-corrected chi connectivity index (χ0v) is 43.1. The molecule has 0 spiro atoms. The summed E-state index contributed by atoms with van der Waals surface area (Å²) >= 11 is 7.12. The van der Waals surface area contributed by atoms with Gasteiger partial charge in [-0.2, -0.15) is 18.4 Å². The SMILES string of the molecule is Cc1ncsc1-c1ccc(CNC(=O)[C@@H]2C[C@@H](O)CN2C(=O)[C@@H](NC(=O)C(C)C)C(C)(C)C)c(OCCOCCOCCOc2ccc(N3C(=S)N(c4ccc(C#N)c(C(F)(F)F)c4)C(=O)C3(C)C)cc2)c1. The molecule has 16 nitrogen and oxygen atoms in total. The Bertz CT molecular complexity index is 2670. The molecule has 2 saturated heterocycles. The van der Waals surface area contributed by atoms with E-state index in [1.807, 2.05) is 45.9 Å². The number of halogens is 3. The molecule has 3 aromatic carbocycles. The van der Waals surface area contributed by atoms with Crippen LogP contribution in [0.1, 0.15) is 77.3 Å². The number of aliphatic hydroxyl groups is 1. The summed E-state index contributed by atoms with van der Waals surface area (Å²) in [6.07, 6.45) is -5.67. The maximum Gasteiger partial charge on any atom is 0.417 e. The summed E-state index contributed by atoms with van der Waals surface area (Å²) in [6.45, 7) is 15.6. The number of hydrogen-bond acceptors (Lipinski definition) is 13. The van der Waals surface area contributed by atoms with E-state index in [-0.39, 0.29) is 81.8 Å². The van der Waals surface area contributed by atoms with Crippen LogP contribution in [0.2, 0.25) is 0 Å². The number of nitrogens with zero attached hydrogens (tertiary/aromatic N) is 5. The third-order valence-corrected chi connectivity index (χ3v) is 13.5. The number of aryl methyl sites for hydroxylation is 1. The van der Waals surface area contributed by atoms with Gasteiger partial charge in [-0.15, -0.1) is 11.3 Å². The number of aliphatic hydroxyl groups excluding tert-OH is 1. The standard InChI is InChI=1S/C51H60F3N7O9S2/c1-30(2)44(63)58-43(49(4,5)6)46(65)59-28-37(62)25-40(59)45(64)56-27-34-10-9-32(42-31(3)57-29-72-42)23-41(34)70-22-20-68-18-17-67-19-21-69-38-15-13-35(14-16-38)61-48(71)60(47(66)50(61,7)8)36-12-11-33(26-55)39(24-36)51(52,53)54/h9-16,23-24,29-30,37,40,43,62H,17-22,25,27-28H2,1-8H3,(H,56,64)(H,58,63)/t37-,40+,43-/m1/s1. The molecule has 21 heteroatoms. The average Bonchev–Trinajstić information content (AvgIpc) is 3.99. The van der Waals surface area contributed by atoms with Crippen molar-refractivity contribution in [2.24, 2.45) is 11.3 Å². The first-order chi connectivity index (χ1) is 33.9. The lowest BCUT2D eigenvalue weighted by atomic mass is 9.85. The van der Waals surface area contributed by atoms with Crippen LogP contribution in [0.5, 0.6) is 11.5 Å². The Morgan fingerprint density at radius 2 is 1.60 bits per heavy atom. The number of aromatic nitrogens is 1. The summed E-state index contributed by atoms with van der Waals surface area (Å²) in [7, 11) is 0. The highest BCUT2D eigenvalue weighted by Gasteiger charge is 2.51. The molecule has 0 saturated carbocycles. The van der Waals surface area contributed by atoms with Crippen molar-refractivity contribution in [2.45, 2.75) is 98.3 Å². The Morgan fingerprint density at radius 1 is 0.958 bits per heavy atom. The van der Waals surface area contributed by atoms with Crippen LogP contribution in [-0.2, 0) is 41.4 Å². The van der Waals surface area contributed by atoms with Crippen molar-refractivity contribution < 1.29 is 56.4 Å². The maximum atomic E-state index is 13.9. The Balaban J connectivity index is 0.966. The van der Waals surface area contributed by atoms with Gasteiger partial charge >= 0.3 is 6.18 Å². The minimum Gasteiger partial charge on any atom is -0.491 e. The number of alkyl halides is 3. The first-order valence-electron chi connectivity index (χ1n) is 23.3. The summed E-state index contributed by atoms with van der Waals surface area (Å²) in [5.74, 6) is -1.03. The van der Waals surface area contributed by atoms with E-state index in [1.54, 1.807) is 68.4 Å². The molecule has 0 bridgehead atoms. The number of carbonyl (C=O) groups excluding carboxylic acids is 4. The average molecular weight is 1040 g/mol. The molecule has 72 heavy (non-hydrogen) atoms. The van der Waals surface area contributed by atoms with Crippen LogP contribution in [0.25, 0.3) is 10.4 Å². The van der Waals surface area contributed by atoms with Crippen molar-refractivity contribution in [3.05, 3.63) is 88.6 Å². The van der Waals surface area contributed by atoms with Gasteiger partial charge in [0.25, 0.3) is 5.91 Å². The van der Waals surface area contributed by atoms with E-state index in [9.17, 15) is 42.7 Å². The lowest BCUT2D eigenvalue weighted by molar-refractivity contribution is -0.144. The molecule has 386 valence electrons. The van der Waals surface area contributed by atoms with Gasteiger partial charge in [-0.3, -0.25) is 24.1 Å². The van der Waals surface area contributed by atoms with Gasteiger partial charge < -0.3 is 44.5 Å². The molecule has 3 N–H and O–H groups in total. The summed E-state index contributed by atoms with van der Waals surface area (Å²) < 4.78 is 64.7. The molecule has 3 atom stereocenters. The highest BCUT2D eigenvalue weighted by Crippen LogP contribution is 2.40. The lowest BCUT2D eigenvalue weighted by Crippen LogP contribution is -2.58. The van der Waals surface area contributed by atoms with Crippen molar-refractivity contribution in [1.82, 2.24) is 20.5 Å². The number of carbonyl (C=O) groups is 4. The first-order valence-corrected chi connectivity index (χ1v) is 24.6. The van der Waals surface area contributed by atoms with Crippen LogP contribution in [0.15, 0.2) is 66.2 Å². The molecular formula is C51H60F3N7O9S2. The number of rotatable bonds is 20. The van der Waals surface area contributed by atoms with Gasteiger partial charge in [0.2, 0.25) is 17.7 Å². The first kappa shape index (κ1) is 55.1. The van der Waals surface area contributed by atoms with Gasteiger partial charge in [-0.1, -0.05) is 46.8 Å². The monoisotopic (exact) mass is 1040 g/mol. The van der Waals surface area contributed by atoms with E-state index in [0.717, 1.165) is 33.2 Å². The van der Waals surface area contributed by atoms with Crippen LogP contribution < -0.4 is 29.9 Å². The quantitative estimate of drug-likeness (QED) is 0.0596. The smallest absolute Gasteiger partial charge is 0.417 e. The van der Waals surface area contributed by atoms with E-state index in [2.05, 4.69) is 15.6 Å². The van der Waals surface area contributed by atoms with Crippen molar-refractivity contribution in [3.8, 4) is 28.0 Å². The molecule has 1 aromatic heterocycles. The van der Waals surface area contributed by atoms with Crippen LogP contribution >= 0.6 is 23.6 Å². The highest BCUT2D eigenvalue weighted by molar-refractivity contribution is 7.81. The Morgan fingerprint density at radius 3 is 2.19 bits per heavy atom. The second kappa shape index (κ2) is 23.1. The predicted molar refractivity (Wildman–Crippen MR) is 268 cm³/mol.